The van der Waals surface area contributed by atoms with Gasteiger partial charge in [-0.15, -0.1) is 4.99 Å². The molecule has 0 atom stereocenters. The van der Waals surface area contributed by atoms with E-state index in [0.29, 0.717) is 22.7 Å². The fourth-order valence-corrected chi connectivity index (χ4v) is 1.74. The van der Waals surface area contributed by atoms with E-state index in [1.807, 2.05) is 20.8 Å². The normalized spacial score (nSPS) is 11.0. The third-order valence-corrected chi connectivity index (χ3v) is 2.75. The fourth-order valence-electron chi connectivity index (χ4n) is 1.47. The van der Waals surface area contributed by atoms with Crippen LogP contribution in [0.15, 0.2) is 21.6 Å². The predicted octanol–water partition coefficient (Wildman–Crippen LogP) is 3.17. The number of aromatic nitrogens is 3. The van der Waals surface area contributed by atoms with Crippen LogP contribution in [0.2, 0.25) is 0 Å². The summed E-state index contributed by atoms with van der Waals surface area (Å²) >= 11 is 3.28. The highest BCUT2D eigenvalue weighted by Gasteiger charge is 2.17. The predicted molar refractivity (Wildman–Crippen MR) is 78.3 cm³/mol. The van der Waals surface area contributed by atoms with Gasteiger partial charge in [-0.2, -0.15) is 4.98 Å². The number of isocyanates is 1. The van der Waals surface area contributed by atoms with E-state index in [9.17, 15) is 4.79 Å². The van der Waals surface area contributed by atoms with E-state index in [1.165, 1.54) is 12.1 Å². The molecule has 0 spiro atoms. The molecule has 0 aliphatic heterocycles. The molecule has 0 bridgehead atoms. The third kappa shape index (κ3) is 4.21. The van der Waals surface area contributed by atoms with E-state index in [4.69, 9.17) is 9.26 Å². The molecular weight excluding hydrogens is 340 g/mol. The molecule has 0 amide bonds. The van der Waals surface area contributed by atoms with E-state index in [1.54, 1.807) is 6.07 Å². The van der Waals surface area contributed by atoms with Gasteiger partial charge < -0.3 is 9.26 Å². The quantitative estimate of drug-likeness (QED) is 0.476. The zero-order valence-electron chi connectivity index (χ0n) is 11.8. The molecule has 0 saturated heterocycles. The summed E-state index contributed by atoms with van der Waals surface area (Å²) in [4.78, 5) is 22.3. The SMILES string of the molecule is CC(C)(C)Oc1cc(N=C=O)nc(-c2cc(CBr)no2)n1. The van der Waals surface area contributed by atoms with E-state index in [2.05, 4.69) is 36.0 Å². The van der Waals surface area contributed by atoms with E-state index in [0.717, 1.165) is 0 Å². The van der Waals surface area contributed by atoms with Crippen molar-refractivity contribution in [3.8, 4) is 17.5 Å². The highest BCUT2D eigenvalue weighted by Crippen LogP contribution is 2.25. The molecule has 0 aromatic carbocycles. The minimum absolute atomic E-state index is 0.144. The van der Waals surface area contributed by atoms with Crippen LogP contribution in [0.4, 0.5) is 5.82 Å². The smallest absolute Gasteiger partial charge is 0.242 e. The zero-order valence-corrected chi connectivity index (χ0v) is 13.3. The largest absolute Gasteiger partial charge is 0.472 e. The second-order valence-corrected chi connectivity index (χ2v) is 5.68. The van der Waals surface area contributed by atoms with Crippen molar-refractivity contribution in [1.29, 1.82) is 0 Å². The van der Waals surface area contributed by atoms with Gasteiger partial charge >= 0.3 is 0 Å². The lowest BCUT2D eigenvalue weighted by Crippen LogP contribution is -2.23. The Morgan fingerprint density at radius 1 is 1.38 bits per heavy atom. The van der Waals surface area contributed by atoms with Crippen LogP contribution in [0.1, 0.15) is 26.5 Å². The molecule has 0 unspecified atom stereocenters. The summed E-state index contributed by atoms with van der Waals surface area (Å²) in [5.74, 6) is 1.04. The van der Waals surface area contributed by atoms with Gasteiger partial charge in [-0.3, -0.25) is 0 Å². The summed E-state index contributed by atoms with van der Waals surface area (Å²) in [7, 11) is 0. The minimum Gasteiger partial charge on any atom is -0.472 e. The lowest BCUT2D eigenvalue weighted by atomic mass is 10.2. The lowest BCUT2D eigenvalue weighted by molar-refractivity contribution is 0.124. The number of rotatable bonds is 4. The van der Waals surface area contributed by atoms with Crippen LogP contribution < -0.4 is 4.74 Å². The first-order valence-electron chi connectivity index (χ1n) is 6.09. The van der Waals surface area contributed by atoms with Gasteiger partial charge in [-0.25, -0.2) is 9.78 Å². The molecule has 21 heavy (non-hydrogen) atoms. The molecule has 0 N–H and O–H groups in total. The monoisotopic (exact) mass is 352 g/mol. The summed E-state index contributed by atoms with van der Waals surface area (Å²) in [6.07, 6.45) is 1.44. The van der Waals surface area contributed by atoms with Crippen LogP contribution in [-0.4, -0.2) is 26.8 Å². The van der Waals surface area contributed by atoms with Crippen molar-refractivity contribution < 1.29 is 14.1 Å². The average Bonchev–Trinajstić information content (AvgIpc) is 2.85. The van der Waals surface area contributed by atoms with Crippen molar-refractivity contribution in [2.75, 3.05) is 0 Å². The zero-order chi connectivity index (χ0) is 15.5. The number of aliphatic imine (C=N–C) groups is 1. The fraction of sp³-hybridized carbons (Fsp3) is 0.385. The first kappa shape index (κ1) is 15.3. The maximum atomic E-state index is 10.4. The molecule has 2 rings (SSSR count). The summed E-state index contributed by atoms with van der Waals surface area (Å²) in [6, 6.07) is 3.15. The van der Waals surface area contributed by atoms with E-state index in [-0.39, 0.29) is 11.6 Å². The number of hydrogen-bond donors (Lipinski definition) is 0. The average molecular weight is 353 g/mol. The van der Waals surface area contributed by atoms with Gasteiger partial charge in [-0.05, 0) is 20.8 Å². The van der Waals surface area contributed by atoms with Crippen LogP contribution >= 0.6 is 15.9 Å². The summed E-state index contributed by atoms with van der Waals surface area (Å²) in [5.41, 5.74) is 0.257. The first-order valence-corrected chi connectivity index (χ1v) is 7.21. The van der Waals surface area contributed by atoms with Crippen LogP contribution in [0.3, 0.4) is 0 Å². The van der Waals surface area contributed by atoms with Gasteiger partial charge in [0.15, 0.2) is 5.82 Å². The molecule has 110 valence electrons. The van der Waals surface area contributed by atoms with Crippen molar-refractivity contribution in [3.63, 3.8) is 0 Å². The Balaban J connectivity index is 2.46. The molecule has 7 nitrogen and oxygen atoms in total. The van der Waals surface area contributed by atoms with Gasteiger partial charge in [0.2, 0.25) is 23.5 Å². The molecular formula is C13H13BrN4O3. The number of halogens is 1. The molecule has 0 saturated carbocycles. The van der Waals surface area contributed by atoms with E-state index < -0.39 is 5.60 Å². The Labute approximate surface area is 129 Å². The van der Waals surface area contributed by atoms with Crippen molar-refractivity contribution in [1.82, 2.24) is 15.1 Å². The van der Waals surface area contributed by atoms with E-state index >= 15 is 0 Å². The number of carbonyl (C=O) groups excluding carboxylic acids is 1. The van der Waals surface area contributed by atoms with Crippen molar-refractivity contribution in [2.45, 2.75) is 31.7 Å². The van der Waals surface area contributed by atoms with Crippen LogP contribution in [0, 0.1) is 0 Å². The van der Waals surface area contributed by atoms with Crippen molar-refractivity contribution in [2.24, 2.45) is 4.99 Å². The molecule has 0 fully saturated rings. The third-order valence-electron chi connectivity index (χ3n) is 2.18. The molecule has 0 aliphatic rings. The summed E-state index contributed by atoms with van der Waals surface area (Å²) in [6.45, 7) is 5.65. The van der Waals surface area contributed by atoms with Gasteiger partial charge in [0.25, 0.3) is 0 Å². The second kappa shape index (κ2) is 6.15. The second-order valence-electron chi connectivity index (χ2n) is 5.12. The number of nitrogens with zero attached hydrogens (tertiary/aromatic N) is 4. The topological polar surface area (TPSA) is 90.5 Å². The van der Waals surface area contributed by atoms with Crippen molar-refractivity contribution in [3.05, 3.63) is 17.8 Å². The van der Waals surface area contributed by atoms with Crippen LogP contribution in [0.25, 0.3) is 11.6 Å². The summed E-state index contributed by atoms with van der Waals surface area (Å²) in [5, 5.41) is 4.39. The Kier molecular flexibility index (Phi) is 4.50. The van der Waals surface area contributed by atoms with Gasteiger partial charge in [0.1, 0.15) is 5.60 Å². The number of alkyl halides is 1. The van der Waals surface area contributed by atoms with Gasteiger partial charge in [0, 0.05) is 17.5 Å². The highest BCUT2D eigenvalue weighted by molar-refractivity contribution is 9.08. The Morgan fingerprint density at radius 2 is 2.14 bits per heavy atom. The lowest BCUT2D eigenvalue weighted by Gasteiger charge is -2.20. The Morgan fingerprint density at radius 3 is 2.71 bits per heavy atom. The molecule has 2 aromatic heterocycles. The highest BCUT2D eigenvalue weighted by atomic mass is 79.9. The Hall–Kier alpha value is -2.05. The van der Waals surface area contributed by atoms with Crippen LogP contribution in [-0.2, 0) is 10.1 Å². The van der Waals surface area contributed by atoms with Crippen molar-refractivity contribution >= 4 is 27.8 Å². The van der Waals surface area contributed by atoms with Gasteiger partial charge in [-0.1, -0.05) is 21.1 Å². The molecule has 2 heterocycles. The molecule has 8 heteroatoms. The molecule has 0 aliphatic carbocycles. The standard InChI is InChI=1S/C13H13BrN4O3/c1-13(2,3)20-11-5-10(15-7-19)16-12(17-11)9-4-8(6-14)18-21-9/h4-5H,6H2,1-3H3. The van der Waals surface area contributed by atoms with Crippen LogP contribution in [0.5, 0.6) is 5.88 Å². The molecule has 0 radical (unpaired) electrons. The van der Waals surface area contributed by atoms with Gasteiger partial charge in [0.05, 0.1) is 5.69 Å². The maximum absolute atomic E-state index is 10.4. The summed E-state index contributed by atoms with van der Waals surface area (Å²) < 4.78 is 10.8. The number of hydrogen-bond acceptors (Lipinski definition) is 7. The number of ether oxygens (including phenoxy) is 1. The first-order chi connectivity index (χ1) is 9.91. The maximum Gasteiger partial charge on any atom is 0.242 e. The minimum atomic E-state index is -0.448. The molecule has 2 aromatic rings. The Bertz CT molecular complexity index is 687.